The van der Waals surface area contributed by atoms with Crippen molar-refractivity contribution in [1.82, 2.24) is 10.2 Å². The zero-order valence-corrected chi connectivity index (χ0v) is 24.3. The molecule has 1 atom stereocenters. The number of nitrogens with zero attached hydrogens (tertiary/aromatic N) is 4. The number of carbonyl (C=O) groups is 2. The molecule has 0 saturated heterocycles. The molecule has 0 fully saturated rings. The Hall–Kier alpha value is -3.56. The van der Waals surface area contributed by atoms with Crippen LogP contribution in [0, 0.1) is 11.3 Å². The second-order valence-corrected chi connectivity index (χ2v) is 11.9. The van der Waals surface area contributed by atoms with E-state index in [0.29, 0.717) is 67.0 Å². The minimum Gasteiger partial charge on any atom is -0.497 e. The van der Waals surface area contributed by atoms with E-state index in [1.165, 1.54) is 23.1 Å². The molecule has 1 unspecified atom stereocenters. The summed E-state index contributed by atoms with van der Waals surface area (Å²) in [5, 5.41) is 22.7. The van der Waals surface area contributed by atoms with Crippen LogP contribution in [0.4, 0.5) is 10.8 Å². The maximum absolute atomic E-state index is 13.3. The molecule has 3 aromatic rings. The third-order valence-electron chi connectivity index (χ3n) is 6.47. The van der Waals surface area contributed by atoms with Gasteiger partial charge in [-0.15, -0.1) is 10.2 Å². The number of Topliss-reactive ketones (excluding diaryl/α,β-unsaturated/α-hetero) is 1. The molecule has 5 rings (SSSR count). The number of aromatic nitrogens is 2. The van der Waals surface area contributed by atoms with Crippen molar-refractivity contribution in [2.45, 2.75) is 29.5 Å². The van der Waals surface area contributed by atoms with Crippen LogP contribution in [0.2, 0.25) is 10.0 Å². The molecule has 1 aromatic heterocycles. The number of nitriles is 1. The van der Waals surface area contributed by atoms with Crippen LogP contribution in [0.25, 0.3) is 0 Å². The number of amides is 1. The normalized spacial score (nSPS) is 17.0. The Balaban J connectivity index is 1.41. The summed E-state index contributed by atoms with van der Waals surface area (Å²) in [6.45, 7) is 0. The Morgan fingerprint density at radius 3 is 2.73 bits per heavy atom. The number of nitrogens with two attached hydrogens (primary N) is 1. The number of anilines is 2. The number of rotatable bonds is 7. The van der Waals surface area contributed by atoms with Gasteiger partial charge in [-0.05, 0) is 54.8 Å². The molecular weight excluding hydrogens is 591 g/mol. The fraction of sp³-hybridized carbons (Fsp3) is 0.222. The van der Waals surface area contributed by atoms with Gasteiger partial charge in [0.05, 0.1) is 30.4 Å². The summed E-state index contributed by atoms with van der Waals surface area (Å²) in [5.74, 6) is -0.0218. The van der Waals surface area contributed by atoms with E-state index < -0.39 is 5.92 Å². The van der Waals surface area contributed by atoms with E-state index in [1.54, 1.807) is 54.5 Å². The zero-order chi connectivity index (χ0) is 28.4. The summed E-state index contributed by atoms with van der Waals surface area (Å²) in [4.78, 5) is 27.4. The van der Waals surface area contributed by atoms with Gasteiger partial charge in [0.15, 0.2) is 10.1 Å². The third kappa shape index (κ3) is 5.53. The average molecular weight is 614 g/mol. The first-order valence-electron chi connectivity index (χ1n) is 12.1. The van der Waals surface area contributed by atoms with Crippen molar-refractivity contribution in [1.29, 1.82) is 5.26 Å². The molecule has 40 heavy (non-hydrogen) atoms. The van der Waals surface area contributed by atoms with E-state index in [9.17, 15) is 14.9 Å². The van der Waals surface area contributed by atoms with Gasteiger partial charge < -0.3 is 15.8 Å². The Labute approximate surface area is 248 Å². The Morgan fingerprint density at radius 1 is 1.25 bits per heavy atom. The minimum atomic E-state index is -0.711. The lowest BCUT2D eigenvalue weighted by Gasteiger charge is -2.38. The second-order valence-electron chi connectivity index (χ2n) is 8.90. The number of halogens is 2. The van der Waals surface area contributed by atoms with Gasteiger partial charge in [0.2, 0.25) is 11.0 Å². The first-order valence-corrected chi connectivity index (χ1v) is 14.7. The number of carbonyl (C=O) groups excluding carboxylic acids is 2. The molecule has 1 aliphatic heterocycles. The molecule has 2 aromatic carbocycles. The predicted molar refractivity (Wildman–Crippen MR) is 157 cm³/mol. The van der Waals surface area contributed by atoms with Gasteiger partial charge in [-0.3, -0.25) is 14.5 Å². The number of nitrogens with one attached hydrogen (secondary N) is 1. The predicted octanol–water partition coefficient (Wildman–Crippen LogP) is 5.89. The number of allylic oxidation sites excluding steroid dienone is 3. The van der Waals surface area contributed by atoms with Gasteiger partial charge in [-0.2, -0.15) is 5.26 Å². The summed E-state index contributed by atoms with van der Waals surface area (Å²) < 4.78 is 5.67. The maximum Gasteiger partial charge on any atom is 0.234 e. The monoisotopic (exact) mass is 612 g/mol. The molecule has 204 valence electrons. The van der Waals surface area contributed by atoms with Crippen LogP contribution in [0.1, 0.15) is 30.7 Å². The van der Waals surface area contributed by atoms with Crippen LogP contribution in [-0.2, 0) is 9.59 Å². The molecule has 0 saturated carbocycles. The van der Waals surface area contributed by atoms with Gasteiger partial charge in [0.1, 0.15) is 11.6 Å². The number of benzene rings is 2. The lowest BCUT2D eigenvalue weighted by atomic mass is 9.76. The van der Waals surface area contributed by atoms with Crippen LogP contribution in [0.5, 0.6) is 5.75 Å². The standard InChI is InChI=1S/C27H22Cl2N6O3S2/c1-38-16-8-6-15(7-9-16)32-22(37)13-39-27-34-33-26(40-27)35-20-3-2-4-21(36)24(20)23(18(12-30)25(35)31)17-10-5-14(28)11-19(17)29/h5-11,23H,2-4,13,31H2,1H3,(H,32,37). The van der Waals surface area contributed by atoms with Gasteiger partial charge in [0, 0.05) is 33.4 Å². The smallest absolute Gasteiger partial charge is 0.234 e. The van der Waals surface area contributed by atoms with Crippen LogP contribution in [0.15, 0.2) is 69.5 Å². The highest BCUT2D eigenvalue weighted by atomic mass is 35.5. The minimum absolute atomic E-state index is 0.0724. The van der Waals surface area contributed by atoms with E-state index in [4.69, 9.17) is 33.7 Å². The first kappa shape index (κ1) is 28.0. The summed E-state index contributed by atoms with van der Waals surface area (Å²) >= 11 is 15.1. The molecule has 1 amide bonds. The summed E-state index contributed by atoms with van der Waals surface area (Å²) in [7, 11) is 1.58. The van der Waals surface area contributed by atoms with Crippen molar-refractivity contribution in [2.24, 2.45) is 5.73 Å². The molecule has 1 aliphatic carbocycles. The number of hydrogen-bond donors (Lipinski definition) is 2. The molecule has 0 spiro atoms. The maximum atomic E-state index is 13.3. The number of thioether (sulfide) groups is 1. The number of hydrogen-bond acceptors (Lipinski definition) is 10. The summed E-state index contributed by atoms with van der Waals surface area (Å²) in [6, 6.07) is 14.2. The van der Waals surface area contributed by atoms with Crippen molar-refractivity contribution >= 4 is 68.8 Å². The van der Waals surface area contributed by atoms with Gasteiger partial charge in [0.25, 0.3) is 0 Å². The summed E-state index contributed by atoms with van der Waals surface area (Å²) in [6.07, 6.45) is 1.55. The van der Waals surface area contributed by atoms with Crippen molar-refractivity contribution < 1.29 is 14.3 Å². The Kier molecular flexibility index (Phi) is 8.32. The quantitative estimate of drug-likeness (QED) is 0.313. The van der Waals surface area contributed by atoms with E-state index in [1.807, 2.05) is 0 Å². The Bertz CT molecular complexity index is 1600. The summed E-state index contributed by atoms with van der Waals surface area (Å²) in [5.41, 5.74) is 9.18. The molecule has 2 heterocycles. The van der Waals surface area contributed by atoms with Crippen LogP contribution < -0.4 is 20.7 Å². The molecule has 0 bridgehead atoms. The van der Waals surface area contributed by atoms with Crippen molar-refractivity contribution in [3.05, 3.63) is 80.7 Å². The van der Waals surface area contributed by atoms with E-state index in [0.717, 1.165) is 0 Å². The largest absolute Gasteiger partial charge is 0.497 e. The topological polar surface area (TPSA) is 134 Å². The molecule has 2 aliphatic rings. The molecule has 3 N–H and O–H groups in total. The lowest BCUT2D eigenvalue weighted by Crippen LogP contribution is -2.38. The zero-order valence-electron chi connectivity index (χ0n) is 21.1. The van der Waals surface area contributed by atoms with Gasteiger partial charge in [-0.25, -0.2) is 0 Å². The van der Waals surface area contributed by atoms with Crippen LogP contribution in [0.3, 0.4) is 0 Å². The Morgan fingerprint density at radius 2 is 2.02 bits per heavy atom. The fourth-order valence-corrected chi connectivity index (χ4v) is 6.90. The fourth-order valence-electron chi connectivity index (χ4n) is 4.70. The highest BCUT2D eigenvalue weighted by Crippen LogP contribution is 2.48. The van der Waals surface area contributed by atoms with E-state index in [-0.39, 0.29) is 28.8 Å². The average Bonchev–Trinajstić information content (AvgIpc) is 3.40. The van der Waals surface area contributed by atoms with Gasteiger partial charge in [-0.1, -0.05) is 52.4 Å². The molecule has 9 nitrogen and oxygen atoms in total. The number of ketones is 1. The van der Waals surface area contributed by atoms with Crippen molar-refractivity contribution in [3.63, 3.8) is 0 Å². The third-order valence-corrected chi connectivity index (χ3v) is 9.08. The number of methoxy groups -OCH3 is 1. The number of ether oxygens (including phenoxy) is 1. The van der Waals surface area contributed by atoms with Gasteiger partial charge >= 0.3 is 0 Å². The van der Waals surface area contributed by atoms with Crippen LogP contribution in [-0.4, -0.2) is 34.8 Å². The van der Waals surface area contributed by atoms with Crippen molar-refractivity contribution in [3.8, 4) is 11.8 Å². The lowest BCUT2D eigenvalue weighted by molar-refractivity contribution is -0.116. The molecule has 0 radical (unpaired) electrons. The first-order chi connectivity index (χ1) is 19.3. The SMILES string of the molecule is COc1ccc(NC(=O)CSc2nnc(N3C(N)=C(C#N)C(c4ccc(Cl)cc4Cl)C4=C3CCCC4=O)s2)cc1. The van der Waals surface area contributed by atoms with Crippen LogP contribution >= 0.6 is 46.3 Å². The molecule has 13 heteroatoms. The highest BCUT2D eigenvalue weighted by Gasteiger charge is 2.42. The van der Waals surface area contributed by atoms with E-state index in [2.05, 4.69) is 21.6 Å². The van der Waals surface area contributed by atoms with Crippen molar-refractivity contribution in [2.75, 3.05) is 23.1 Å². The molecular formula is C27H22Cl2N6O3S2. The highest BCUT2D eigenvalue weighted by molar-refractivity contribution is 8.01. The second kappa shape index (κ2) is 11.9. The van der Waals surface area contributed by atoms with E-state index >= 15 is 0 Å².